The van der Waals surface area contributed by atoms with E-state index >= 15 is 0 Å². The van der Waals surface area contributed by atoms with Gasteiger partial charge in [0.15, 0.2) is 5.69 Å². The van der Waals surface area contributed by atoms with Gasteiger partial charge in [-0.25, -0.2) is 14.6 Å². The van der Waals surface area contributed by atoms with Crippen LogP contribution in [-0.2, 0) is 4.79 Å². The molecule has 0 radical (unpaired) electrons. The SMILES string of the molecule is C=O.O=C(O)c1cccnc1C(=O)O. The Morgan fingerprint density at radius 2 is 1.79 bits per heavy atom. The topological polar surface area (TPSA) is 105 Å². The molecule has 0 spiro atoms. The van der Waals surface area contributed by atoms with Gasteiger partial charge < -0.3 is 15.0 Å². The summed E-state index contributed by atoms with van der Waals surface area (Å²) in [6, 6.07) is 2.56. The highest BCUT2D eigenvalue weighted by atomic mass is 16.4. The lowest BCUT2D eigenvalue weighted by atomic mass is 10.2. The first-order valence-electron chi connectivity index (χ1n) is 3.33. The molecule has 0 aliphatic heterocycles. The van der Waals surface area contributed by atoms with Crippen LogP contribution in [0.25, 0.3) is 0 Å². The Kier molecular flexibility index (Phi) is 4.55. The van der Waals surface area contributed by atoms with Crippen LogP contribution in [0.3, 0.4) is 0 Å². The molecular formula is C8H7NO5. The first kappa shape index (κ1) is 11.8. The highest BCUT2D eigenvalue weighted by Crippen LogP contribution is 2.04. The minimum Gasteiger partial charge on any atom is -0.478 e. The third kappa shape index (κ3) is 2.67. The normalized spacial score (nSPS) is 8.29. The van der Waals surface area contributed by atoms with Crippen molar-refractivity contribution < 1.29 is 24.6 Å². The fourth-order valence-electron chi connectivity index (χ4n) is 0.748. The van der Waals surface area contributed by atoms with E-state index in [-0.39, 0.29) is 5.56 Å². The van der Waals surface area contributed by atoms with E-state index in [0.29, 0.717) is 0 Å². The number of carbonyl (C=O) groups excluding carboxylic acids is 1. The quantitative estimate of drug-likeness (QED) is 0.706. The lowest BCUT2D eigenvalue weighted by molar-refractivity contribution is -0.0980. The third-order valence-electron chi connectivity index (χ3n) is 1.24. The van der Waals surface area contributed by atoms with Crippen LogP contribution in [0.15, 0.2) is 18.3 Å². The second kappa shape index (κ2) is 5.41. The van der Waals surface area contributed by atoms with Crippen LogP contribution >= 0.6 is 0 Å². The Morgan fingerprint density at radius 1 is 1.21 bits per heavy atom. The molecule has 6 heteroatoms. The van der Waals surface area contributed by atoms with Crippen molar-refractivity contribution in [3.05, 3.63) is 29.6 Å². The zero-order valence-corrected chi connectivity index (χ0v) is 7.01. The van der Waals surface area contributed by atoms with Crippen LogP contribution in [0.1, 0.15) is 20.8 Å². The molecule has 0 fully saturated rings. The molecule has 0 aromatic carbocycles. The molecule has 0 atom stereocenters. The van der Waals surface area contributed by atoms with Gasteiger partial charge in [0, 0.05) is 6.20 Å². The van der Waals surface area contributed by atoms with Gasteiger partial charge >= 0.3 is 11.9 Å². The first-order chi connectivity index (χ1) is 6.63. The van der Waals surface area contributed by atoms with Crippen LogP contribution in [0.4, 0.5) is 0 Å². The van der Waals surface area contributed by atoms with Crippen molar-refractivity contribution in [2.45, 2.75) is 0 Å². The van der Waals surface area contributed by atoms with Crippen molar-refractivity contribution in [2.24, 2.45) is 0 Å². The zero-order valence-electron chi connectivity index (χ0n) is 7.01. The number of hydrogen-bond donors (Lipinski definition) is 2. The fourth-order valence-corrected chi connectivity index (χ4v) is 0.748. The summed E-state index contributed by atoms with van der Waals surface area (Å²) in [5.74, 6) is -2.63. The van der Waals surface area contributed by atoms with E-state index in [4.69, 9.17) is 15.0 Å². The standard InChI is InChI=1S/C7H5NO4.CH2O/c9-6(10)4-2-1-3-8-5(4)7(11)12;1-2/h1-3H,(H,9,10)(H,11,12);1H2. The number of rotatable bonds is 2. The maximum Gasteiger partial charge on any atom is 0.355 e. The number of pyridine rings is 1. The van der Waals surface area contributed by atoms with E-state index in [1.54, 1.807) is 0 Å². The van der Waals surface area contributed by atoms with Gasteiger partial charge in [-0.3, -0.25) is 0 Å². The molecule has 1 heterocycles. The van der Waals surface area contributed by atoms with Crippen molar-refractivity contribution >= 4 is 18.7 Å². The number of nitrogens with zero attached hydrogens (tertiary/aromatic N) is 1. The largest absolute Gasteiger partial charge is 0.478 e. The van der Waals surface area contributed by atoms with Crippen LogP contribution in [0, 0.1) is 0 Å². The van der Waals surface area contributed by atoms with Gasteiger partial charge in [0.2, 0.25) is 0 Å². The number of aromatic nitrogens is 1. The number of carboxylic acids is 2. The van der Waals surface area contributed by atoms with Crippen LogP contribution in [0.5, 0.6) is 0 Å². The Balaban J connectivity index is 0.000000791. The minimum absolute atomic E-state index is 0.301. The Bertz CT molecular complexity index is 316. The number of aromatic carboxylic acids is 2. The molecule has 2 N–H and O–H groups in total. The van der Waals surface area contributed by atoms with Gasteiger partial charge in [-0.2, -0.15) is 0 Å². The summed E-state index contributed by atoms with van der Waals surface area (Å²) in [5, 5.41) is 17.0. The van der Waals surface area contributed by atoms with Crippen LogP contribution in [0.2, 0.25) is 0 Å². The van der Waals surface area contributed by atoms with Gasteiger partial charge in [0.25, 0.3) is 0 Å². The smallest absolute Gasteiger partial charge is 0.355 e. The molecule has 1 aromatic rings. The molecule has 0 aliphatic carbocycles. The van der Waals surface area contributed by atoms with Crippen LogP contribution < -0.4 is 0 Å². The highest BCUT2D eigenvalue weighted by Gasteiger charge is 2.15. The van der Waals surface area contributed by atoms with E-state index in [1.165, 1.54) is 18.3 Å². The predicted molar refractivity (Wildman–Crippen MR) is 45.3 cm³/mol. The number of carbonyl (C=O) groups is 3. The molecule has 1 rings (SSSR count). The Hall–Kier alpha value is -2.24. The van der Waals surface area contributed by atoms with Crippen molar-refractivity contribution in [1.29, 1.82) is 0 Å². The molecule has 6 nitrogen and oxygen atoms in total. The van der Waals surface area contributed by atoms with E-state index in [9.17, 15) is 9.59 Å². The number of hydrogen-bond acceptors (Lipinski definition) is 4. The molecule has 0 bridgehead atoms. The lowest BCUT2D eigenvalue weighted by Crippen LogP contribution is -2.09. The minimum atomic E-state index is -1.34. The molecule has 14 heavy (non-hydrogen) atoms. The third-order valence-corrected chi connectivity index (χ3v) is 1.24. The second-order valence-corrected chi connectivity index (χ2v) is 2.01. The molecule has 1 aromatic heterocycles. The molecule has 0 amide bonds. The molecule has 0 aliphatic rings. The average Bonchev–Trinajstić information content (AvgIpc) is 2.20. The second-order valence-electron chi connectivity index (χ2n) is 2.01. The average molecular weight is 197 g/mol. The monoisotopic (exact) mass is 197 g/mol. The maximum absolute atomic E-state index is 10.4. The summed E-state index contributed by atoms with van der Waals surface area (Å²) in [5.41, 5.74) is -0.741. The summed E-state index contributed by atoms with van der Waals surface area (Å²) < 4.78 is 0. The van der Waals surface area contributed by atoms with E-state index in [1.807, 2.05) is 6.79 Å². The summed E-state index contributed by atoms with van der Waals surface area (Å²) in [6.07, 6.45) is 1.23. The van der Waals surface area contributed by atoms with E-state index < -0.39 is 17.6 Å². The molecule has 0 unspecified atom stereocenters. The molecule has 0 saturated carbocycles. The van der Waals surface area contributed by atoms with Gasteiger partial charge in [-0.05, 0) is 12.1 Å². The maximum atomic E-state index is 10.4. The van der Waals surface area contributed by atoms with Crippen LogP contribution in [-0.4, -0.2) is 33.9 Å². The Labute approximate surface area is 78.8 Å². The fraction of sp³-hybridized carbons (Fsp3) is 0. The van der Waals surface area contributed by atoms with Crippen molar-refractivity contribution in [3.8, 4) is 0 Å². The van der Waals surface area contributed by atoms with Gasteiger partial charge in [0.05, 0.1) is 5.56 Å². The summed E-state index contributed by atoms with van der Waals surface area (Å²) in [6.45, 7) is 2.00. The number of carboxylic acid groups (broad SMARTS) is 2. The molecular weight excluding hydrogens is 190 g/mol. The lowest BCUT2D eigenvalue weighted by Gasteiger charge is -1.97. The van der Waals surface area contributed by atoms with E-state index in [0.717, 1.165) is 0 Å². The van der Waals surface area contributed by atoms with Gasteiger partial charge in [-0.15, -0.1) is 0 Å². The Morgan fingerprint density at radius 3 is 2.14 bits per heavy atom. The summed E-state index contributed by atoms with van der Waals surface area (Å²) in [4.78, 5) is 32.2. The van der Waals surface area contributed by atoms with Gasteiger partial charge in [-0.1, -0.05) is 0 Å². The predicted octanol–water partition coefficient (Wildman–Crippen LogP) is 0.293. The van der Waals surface area contributed by atoms with Crippen molar-refractivity contribution in [2.75, 3.05) is 0 Å². The summed E-state index contributed by atoms with van der Waals surface area (Å²) >= 11 is 0. The summed E-state index contributed by atoms with van der Waals surface area (Å²) in [7, 11) is 0. The molecule has 74 valence electrons. The first-order valence-corrected chi connectivity index (χ1v) is 3.33. The highest BCUT2D eigenvalue weighted by molar-refractivity contribution is 5.99. The van der Waals surface area contributed by atoms with Crippen molar-refractivity contribution in [3.63, 3.8) is 0 Å². The van der Waals surface area contributed by atoms with Crippen molar-refractivity contribution in [1.82, 2.24) is 4.98 Å². The molecule has 0 saturated heterocycles. The zero-order chi connectivity index (χ0) is 11.1. The van der Waals surface area contributed by atoms with E-state index in [2.05, 4.69) is 4.98 Å². The van der Waals surface area contributed by atoms with Gasteiger partial charge in [0.1, 0.15) is 6.79 Å².